The van der Waals surface area contributed by atoms with E-state index in [-0.39, 0.29) is 120 Å². The second-order valence-corrected chi connectivity index (χ2v) is 23.4. The Balaban J connectivity index is 3.58. The number of hydrogen-bond donors (Lipinski definition) is 20. The van der Waals surface area contributed by atoms with Crippen molar-refractivity contribution in [1.82, 2.24) is 53.2 Å². The van der Waals surface area contributed by atoms with Crippen LogP contribution < -0.4 is 111 Å². The van der Waals surface area contributed by atoms with Crippen molar-refractivity contribution in [3.63, 3.8) is 0 Å². The summed E-state index contributed by atoms with van der Waals surface area (Å²) in [7, 11) is 0. The summed E-state index contributed by atoms with van der Waals surface area (Å²) in [6.07, 6.45) is 1.33. The summed E-state index contributed by atoms with van der Waals surface area (Å²) in [5, 5.41) is 26.4. The highest BCUT2D eigenvalue weighted by Gasteiger charge is 2.37. The Labute approximate surface area is 549 Å². The van der Waals surface area contributed by atoms with Gasteiger partial charge in [0, 0.05) is 32.6 Å². The second-order valence-electron chi connectivity index (χ2n) is 23.4. The first-order valence-corrected chi connectivity index (χ1v) is 31.5. The predicted molar refractivity (Wildman–Crippen MR) is 357 cm³/mol. The third kappa shape index (κ3) is 33.7. The molecule has 0 saturated heterocycles. The van der Waals surface area contributed by atoms with Gasteiger partial charge in [0.25, 0.3) is 0 Å². The van der Waals surface area contributed by atoms with Crippen LogP contribution in [0.5, 0.6) is 0 Å². The van der Waals surface area contributed by atoms with Gasteiger partial charge in [-0.05, 0) is 95.0 Å². The Morgan fingerprint density at radius 2 is 0.766 bits per heavy atom. The van der Waals surface area contributed by atoms with E-state index < -0.39 is 144 Å². The molecule has 0 radical (unpaired) electrons. The summed E-state index contributed by atoms with van der Waals surface area (Å²) in [6, 6.07) is -3.77. The fourth-order valence-electron chi connectivity index (χ4n) is 9.09. The molecule has 0 fully saturated rings. The maximum Gasteiger partial charge on any atom is 0.243 e. The van der Waals surface area contributed by atoms with E-state index in [0.29, 0.717) is 18.4 Å². The molecule has 35 heteroatoms. The molecule has 94 heavy (non-hydrogen) atoms. The number of carbonyl (C=O) groups excluding carboxylic acids is 11. The van der Waals surface area contributed by atoms with Gasteiger partial charge in [-0.1, -0.05) is 84.7 Å². The summed E-state index contributed by atoms with van der Waals surface area (Å²) in [6.45, 7) is 12.9. The molecule has 1 aromatic rings. The zero-order valence-electron chi connectivity index (χ0n) is 55.5. The lowest BCUT2D eigenvalue weighted by molar-refractivity contribution is -0.137. The lowest BCUT2D eigenvalue weighted by Crippen LogP contribution is -2.62. The van der Waals surface area contributed by atoms with Gasteiger partial charge in [-0.15, -0.1) is 0 Å². The molecule has 1 rings (SSSR count). The first kappa shape index (κ1) is 82.4. The third-order valence-corrected chi connectivity index (χ3v) is 14.8. The number of nitrogens with one attached hydrogen (secondary N) is 10. The van der Waals surface area contributed by atoms with E-state index in [0.717, 1.165) is 0 Å². The molecule has 0 unspecified atom stereocenters. The monoisotopic (exact) mass is 1330 g/mol. The maximum absolute atomic E-state index is 14.5. The van der Waals surface area contributed by atoms with E-state index in [4.69, 9.17) is 57.3 Å². The molecule has 0 saturated carbocycles. The lowest BCUT2D eigenvalue weighted by atomic mass is 9.94. The van der Waals surface area contributed by atoms with Gasteiger partial charge in [0.1, 0.15) is 54.4 Å². The first-order valence-electron chi connectivity index (χ1n) is 31.5. The van der Waals surface area contributed by atoms with Crippen molar-refractivity contribution in [1.29, 1.82) is 0 Å². The molecule has 0 aliphatic carbocycles. The number of hydrogen-bond acceptors (Lipinski definition) is 16. The minimum atomic E-state index is -1.38. The van der Waals surface area contributed by atoms with Crippen LogP contribution in [0.1, 0.15) is 132 Å². The van der Waals surface area contributed by atoms with Crippen LogP contribution in [0.3, 0.4) is 0 Å². The van der Waals surface area contributed by atoms with Crippen LogP contribution in [-0.4, -0.2) is 182 Å². The van der Waals surface area contributed by atoms with E-state index in [1.165, 1.54) is 13.8 Å². The van der Waals surface area contributed by atoms with Crippen molar-refractivity contribution < 1.29 is 52.7 Å². The lowest BCUT2D eigenvalue weighted by Gasteiger charge is -2.31. The molecule has 0 aliphatic rings. The number of nitrogens with two attached hydrogens (primary N) is 10. The third-order valence-electron chi connectivity index (χ3n) is 14.8. The first-order chi connectivity index (χ1) is 44.2. The highest BCUT2D eigenvalue weighted by molar-refractivity contribution is 5.99. The Hall–Kier alpha value is -9.57. The van der Waals surface area contributed by atoms with Gasteiger partial charge < -0.3 is 111 Å². The Bertz CT molecular complexity index is 2750. The van der Waals surface area contributed by atoms with Gasteiger partial charge >= 0.3 is 0 Å². The number of guanidine groups is 4. The van der Waals surface area contributed by atoms with Gasteiger partial charge in [-0.2, -0.15) is 0 Å². The average molecular weight is 1330 g/mol. The molecule has 12 atom stereocenters. The van der Waals surface area contributed by atoms with Gasteiger partial charge in [0.05, 0.1) is 12.6 Å². The van der Waals surface area contributed by atoms with Crippen LogP contribution in [0.15, 0.2) is 50.3 Å². The topological polar surface area (TPSA) is 618 Å². The van der Waals surface area contributed by atoms with E-state index in [2.05, 4.69) is 73.1 Å². The number of primary amides is 1. The fraction of sp³-hybridized carbons (Fsp3) is 0.644. The normalized spacial score (nSPS) is 14.7. The number of amides is 11. The van der Waals surface area contributed by atoms with Crippen molar-refractivity contribution in [2.24, 2.45) is 95.1 Å². The summed E-state index contributed by atoms with van der Waals surface area (Å²) in [5.41, 5.74) is 55.9. The molecule has 35 nitrogen and oxygen atoms in total. The zero-order chi connectivity index (χ0) is 71.2. The maximum atomic E-state index is 14.5. The second kappa shape index (κ2) is 44.1. The van der Waals surface area contributed by atoms with E-state index >= 15 is 0 Å². The number of carbonyl (C=O) groups is 11. The molecular formula is C59H106N24O11. The van der Waals surface area contributed by atoms with Crippen molar-refractivity contribution >= 4 is 88.8 Å². The smallest absolute Gasteiger partial charge is 0.243 e. The average Bonchev–Trinajstić information content (AvgIpc) is 0.875. The highest BCUT2D eigenvalue weighted by Crippen LogP contribution is 2.16. The van der Waals surface area contributed by atoms with Crippen molar-refractivity contribution in [3.05, 3.63) is 35.9 Å². The van der Waals surface area contributed by atoms with Crippen LogP contribution in [-0.2, 0) is 59.2 Å². The van der Waals surface area contributed by atoms with Gasteiger partial charge in [-0.3, -0.25) is 72.7 Å². The quantitative estimate of drug-likeness (QED) is 0.0164. The molecule has 528 valence electrons. The zero-order valence-corrected chi connectivity index (χ0v) is 55.5. The molecule has 0 aromatic heterocycles. The molecule has 0 bridgehead atoms. The number of benzene rings is 1. The van der Waals surface area contributed by atoms with Gasteiger partial charge in [-0.25, -0.2) is 0 Å². The molecule has 0 heterocycles. The van der Waals surface area contributed by atoms with Gasteiger partial charge in [0.2, 0.25) is 65.0 Å². The summed E-state index contributed by atoms with van der Waals surface area (Å²) >= 11 is 0. The van der Waals surface area contributed by atoms with Crippen molar-refractivity contribution in [3.8, 4) is 0 Å². The largest absolute Gasteiger partial charge is 0.370 e. The minimum Gasteiger partial charge on any atom is -0.370 e. The standard InChI is InChI=1S/C59H106N24O11/c1-9-32(5)44(83-55(94)45(33(6)10-2)82-51(90)40(23-17-27-73-59(68)69)78-48(87)35(8)75-47(86)34(7)60)54(93)81-41(28-31(3)4)52(91)79-38(21-15-25-71-57(64)65)49(88)74-30-43(84)76-39(22-16-26-72-58(66)67)50(89)80-42(29-36-18-12-11-13-19-36)53(92)77-37(46(61)85)20-14-24-70-56(62)63/h11-13,18-19,31-35,37-42,44-45H,9-10,14-17,20-30,60H2,1-8H3,(H2,61,85)(H,74,88)(H,75,86)(H,76,84)(H,77,92)(H,78,87)(H,79,91)(H,80,89)(H,81,93)(H,82,90)(H,83,94)(H4,62,63,70)(H4,64,65,71)(H4,66,67,72)(H4,68,69,73)/t32-,33-,34-,35-,37-,38-,39-,40-,41-,42-,44-,45-/m0/s1. The van der Waals surface area contributed by atoms with Crippen LogP contribution in [0.4, 0.5) is 0 Å². The van der Waals surface area contributed by atoms with Crippen LogP contribution in [0, 0.1) is 17.8 Å². The van der Waals surface area contributed by atoms with Crippen LogP contribution in [0.25, 0.3) is 0 Å². The summed E-state index contributed by atoms with van der Waals surface area (Å²) < 4.78 is 0. The SMILES string of the molecule is CC[C@H](C)[C@H](NC(=O)[C@H](CCCN=C(N)N)NC(=O)[C@H](C)NC(=O)[C@H](C)N)C(=O)N[C@H](C(=O)N[C@@H](CC(C)C)C(=O)N[C@@H](CCCN=C(N)N)C(=O)NCC(=O)N[C@@H](CCCN=C(N)N)C(=O)N[C@@H](Cc1ccccc1)C(=O)N[C@@H](CCCN=C(N)N)C(N)=O)[C@@H](C)CC. The molecule has 11 amide bonds. The molecule has 1 aromatic carbocycles. The van der Waals surface area contributed by atoms with Crippen LogP contribution >= 0.6 is 0 Å². The van der Waals surface area contributed by atoms with E-state index in [1.54, 1.807) is 71.9 Å². The minimum absolute atomic E-state index is 0.00332. The van der Waals surface area contributed by atoms with Crippen molar-refractivity contribution in [2.45, 2.75) is 193 Å². The number of nitrogens with zero attached hydrogens (tertiary/aromatic N) is 4. The van der Waals surface area contributed by atoms with Gasteiger partial charge in [0.15, 0.2) is 23.8 Å². The number of rotatable bonds is 45. The fourth-order valence-corrected chi connectivity index (χ4v) is 9.09. The Morgan fingerprint density at radius 1 is 0.404 bits per heavy atom. The molecular weight excluding hydrogens is 1220 g/mol. The molecule has 30 N–H and O–H groups in total. The van der Waals surface area contributed by atoms with Crippen molar-refractivity contribution in [2.75, 3.05) is 32.7 Å². The van der Waals surface area contributed by atoms with Crippen LogP contribution in [0.2, 0.25) is 0 Å². The number of aliphatic imine (C=N–C) groups is 4. The Kier molecular flexibility index (Phi) is 38.6. The Morgan fingerprint density at radius 3 is 1.20 bits per heavy atom. The molecule has 0 aliphatic heterocycles. The molecule has 0 spiro atoms. The van der Waals surface area contributed by atoms with E-state index in [9.17, 15) is 52.7 Å². The summed E-state index contributed by atoms with van der Waals surface area (Å²) in [5.74, 6) is -10.8. The highest BCUT2D eigenvalue weighted by atomic mass is 16.2. The van der Waals surface area contributed by atoms with E-state index in [1.807, 2.05) is 0 Å². The predicted octanol–water partition coefficient (Wildman–Crippen LogP) is -6.09. The summed E-state index contributed by atoms with van der Waals surface area (Å²) in [4.78, 5) is 167.